The van der Waals surface area contributed by atoms with Crippen molar-refractivity contribution >= 4 is 15.9 Å². The third-order valence-corrected chi connectivity index (χ3v) is 8.29. The Morgan fingerprint density at radius 1 is 1.08 bits per heavy atom. The van der Waals surface area contributed by atoms with Crippen LogP contribution in [0.15, 0.2) is 65.6 Å². The first-order valence-electron chi connectivity index (χ1n) is 12.4. The highest BCUT2D eigenvalue weighted by Gasteiger charge is 2.30. The van der Waals surface area contributed by atoms with Crippen molar-refractivity contribution < 1.29 is 17.6 Å². The molecule has 1 N–H and O–H groups in total. The fraction of sp³-hybridized carbons (Fsp3) is 0.407. The van der Waals surface area contributed by atoms with E-state index in [1.807, 2.05) is 41.1 Å². The lowest BCUT2D eigenvalue weighted by atomic mass is 9.94. The first-order chi connectivity index (χ1) is 17.2. The number of sulfonamides is 1. The van der Waals surface area contributed by atoms with E-state index in [-0.39, 0.29) is 16.7 Å². The molecule has 4 rings (SSSR count). The smallest absolute Gasteiger partial charge is 0.243 e. The number of hydrogen-bond donors (Lipinski definition) is 1. The number of aromatic nitrogens is 2. The summed E-state index contributed by atoms with van der Waals surface area (Å²) < 4.78 is 42.4. The maximum absolute atomic E-state index is 13.5. The molecule has 192 valence electrons. The second-order valence-corrected chi connectivity index (χ2v) is 11.7. The number of benzene rings is 2. The largest absolute Gasteiger partial charge is 0.350 e. The van der Waals surface area contributed by atoms with Crippen LogP contribution in [0.25, 0.3) is 5.69 Å². The van der Waals surface area contributed by atoms with Crippen LogP contribution in [0.5, 0.6) is 0 Å². The molecule has 36 heavy (non-hydrogen) atoms. The van der Waals surface area contributed by atoms with Crippen LogP contribution in [0.4, 0.5) is 4.39 Å². The molecule has 1 fully saturated rings. The van der Waals surface area contributed by atoms with Crippen LogP contribution in [0.3, 0.4) is 0 Å². The van der Waals surface area contributed by atoms with Crippen molar-refractivity contribution in [1.29, 1.82) is 0 Å². The predicted octanol–water partition coefficient (Wildman–Crippen LogP) is 4.32. The maximum Gasteiger partial charge on any atom is 0.243 e. The van der Waals surface area contributed by atoms with Gasteiger partial charge in [0.25, 0.3) is 0 Å². The first-order valence-corrected chi connectivity index (χ1v) is 13.8. The number of carbonyl (C=O) groups is 1. The summed E-state index contributed by atoms with van der Waals surface area (Å²) in [5, 5.41) is 7.70. The fourth-order valence-corrected chi connectivity index (χ4v) is 6.07. The van der Waals surface area contributed by atoms with Gasteiger partial charge in [0, 0.05) is 25.2 Å². The maximum atomic E-state index is 13.5. The molecule has 3 aromatic rings. The van der Waals surface area contributed by atoms with Gasteiger partial charge >= 0.3 is 0 Å². The van der Waals surface area contributed by atoms with Crippen LogP contribution in [-0.2, 0) is 27.8 Å². The van der Waals surface area contributed by atoms with Crippen molar-refractivity contribution in [3.63, 3.8) is 0 Å². The molecule has 0 atom stereocenters. The zero-order valence-electron chi connectivity index (χ0n) is 20.7. The van der Waals surface area contributed by atoms with E-state index in [0.29, 0.717) is 44.8 Å². The lowest BCUT2D eigenvalue weighted by molar-refractivity contribution is -0.122. The molecule has 0 radical (unpaired) electrons. The lowest BCUT2D eigenvalue weighted by Crippen LogP contribution is -2.39. The Bertz CT molecular complexity index is 1280. The van der Waals surface area contributed by atoms with Gasteiger partial charge in [0.15, 0.2) is 0 Å². The number of piperidine rings is 1. The van der Waals surface area contributed by atoms with Crippen molar-refractivity contribution in [2.45, 2.75) is 51.0 Å². The summed E-state index contributed by atoms with van der Waals surface area (Å²) in [4.78, 5) is 12.6. The third-order valence-electron chi connectivity index (χ3n) is 6.40. The molecule has 7 nitrogen and oxygen atoms in total. The minimum atomic E-state index is -3.73. The minimum Gasteiger partial charge on any atom is -0.350 e. The number of rotatable bonds is 9. The van der Waals surface area contributed by atoms with E-state index in [1.165, 1.54) is 22.5 Å². The predicted molar refractivity (Wildman–Crippen MR) is 136 cm³/mol. The number of halogens is 1. The van der Waals surface area contributed by atoms with Gasteiger partial charge in [-0.05, 0) is 67.5 Å². The van der Waals surface area contributed by atoms with Crippen molar-refractivity contribution in [3.05, 3.63) is 77.9 Å². The molecule has 1 aromatic heterocycles. The highest BCUT2D eigenvalue weighted by molar-refractivity contribution is 7.89. The molecule has 1 saturated heterocycles. The summed E-state index contributed by atoms with van der Waals surface area (Å²) in [6.07, 6.45) is 2.39. The van der Waals surface area contributed by atoms with Crippen LogP contribution in [-0.4, -0.2) is 41.5 Å². The number of carbonyl (C=O) groups excluding carboxylic acids is 1. The number of para-hydroxylation sites is 1. The lowest BCUT2D eigenvalue weighted by Gasteiger charge is -2.31. The van der Waals surface area contributed by atoms with Crippen LogP contribution < -0.4 is 5.32 Å². The first kappa shape index (κ1) is 26.0. The standard InChI is InChI=1S/C27H33FN4O3S/c1-20(2)15-25-18-23(30-32(25)24-8-4-3-5-9-24)19-29-27(33)16-21-11-13-31(14-12-21)36(34,35)26-10-6-7-22(28)17-26/h3-10,17-18,20-21H,11-16,19H2,1-2H3,(H,29,33). The highest BCUT2D eigenvalue weighted by Crippen LogP contribution is 2.26. The van der Waals surface area contributed by atoms with Crippen LogP contribution in [0.1, 0.15) is 44.5 Å². The van der Waals surface area contributed by atoms with Gasteiger partial charge in [0.05, 0.1) is 22.8 Å². The van der Waals surface area contributed by atoms with Gasteiger partial charge in [-0.15, -0.1) is 0 Å². The fourth-order valence-electron chi connectivity index (χ4n) is 4.57. The zero-order chi connectivity index (χ0) is 25.7. The topological polar surface area (TPSA) is 84.3 Å². The quantitative estimate of drug-likeness (QED) is 0.463. The van der Waals surface area contributed by atoms with Gasteiger partial charge in [-0.3, -0.25) is 4.79 Å². The molecule has 0 aliphatic carbocycles. The van der Waals surface area contributed by atoms with E-state index in [1.54, 1.807) is 0 Å². The summed E-state index contributed by atoms with van der Waals surface area (Å²) in [5.41, 5.74) is 2.90. The van der Waals surface area contributed by atoms with Crippen LogP contribution in [0, 0.1) is 17.7 Å². The molecule has 0 spiro atoms. The molecule has 2 heterocycles. The van der Waals surface area contributed by atoms with Crippen molar-refractivity contribution in [2.24, 2.45) is 11.8 Å². The van der Waals surface area contributed by atoms with Crippen molar-refractivity contribution in [3.8, 4) is 5.69 Å². The minimum absolute atomic E-state index is 0.0366. The van der Waals surface area contributed by atoms with E-state index in [2.05, 4.69) is 19.2 Å². The molecule has 1 amide bonds. The van der Waals surface area contributed by atoms with Crippen LogP contribution >= 0.6 is 0 Å². The summed E-state index contributed by atoms with van der Waals surface area (Å²) in [6.45, 7) is 5.31. The monoisotopic (exact) mass is 512 g/mol. The SMILES string of the molecule is CC(C)Cc1cc(CNC(=O)CC2CCN(S(=O)(=O)c3cccc(F)c3)CC2)nn1-c1ccccc1. The second-order valence-electron chi connectivity index (χ2n) is 9.76. The summed E-state index contributed by atoms with van der Waals surface area (Å²) >= 11 is 0. The van der Waals surface area contributed by atoms with E-state index < -0.39 is 15.8 Å². The van der Waals surface area contributed by atoms with E-state index in [9.17, 15) is 17.6 Å². The molecular weight excluding hydrogens is 479 g/mol. The Morgan fingerprint density at radius 3 is 2.47 bits per heavy atom. The van der Waals surface area contributed by atoms with Gasteiger partial charge in [0.1, 0.15) is 5.82 Å². The van der Waals surface area contributed by atoms with Gasteiger partial charge in [-0.2, -0.15) is 9.40 Å². The van der Waals surface area contributed by atoms with Crippen molar-refractivity contribution in [1.82, 2.24) is 19.4 Å². The average molecular weight is 513 g/mol. The van der Waals surface area contributed by atoms with Gasteiger partial charge in [-0.1, -0.05) is 38.1 Å². The van der Waals surface area contributed by atoms with Crippen LogP contribution in [0.2, 0.25) is 0 Å². The summed E-state index contributed by atoms with van der Waals surface area (Å²) in [5.74, 6) is -0.0711. The number of nitrogens with one attached hydrogen (secondary N) is 1. The Morgan fingerprint density at radius 2 is 1.81 bits per heavy atom. The zero-order valence-corrected chi connectivity index (χ0v) is 21.5. The molecule has 0 bridgehead atoms. The second kappa shape index (κ2) is 11.3. The Kier molecular flexibility index (Phi) is 8.21. The Labute approximate surface area is 212 Å². The van der Waals surface area contributed by atoms with E-state index in [4.69, 9.17) is 5.10 Å². The Hall–Kier alpha value is -3.04. The number of hydrogen-bond acceptors (Lipinski definition) is 4. The molecule has 1 aliphatic heterocycles. The van der Waals surface area contributed by atoms with E-state index in [0.717, 1.165) is 29.6 Å². The molecule has 0 saturated carbocycles. The molecule has 2 aromatic carbocycles. The molecule has 9 heteroatoms. The number of nitrogens with zero attached hydrogens (tertiary/aromatic N) is 3. The average Bonchev–Trinajstić information content (AvgIpc) is 3.25. The summed E-state index contributed by atoms with van der Waals surface area (Å²) in [7, 11) is -3.73. The Balaban J connectivity index is 1.31. The number of amides is 1. The van der Waals surface area contributed by atoms with Gasteiger partial charge in [-0.25, -0.2) is 17.5 Å². The normalized spacial score (nSPS) is 15.3. The molecule has 0 unspecified atom stereocenters. The molecule has 1 aliphatic rings. The summed E-state index contributed by atoms with van der Waals surface area (Å²) in [6, 6.07) is 17.1. The van der Waals surface area contributed by atoms with Gasteiger partial charge < -0.3 is 5.32 Å². The van der Waals surface area contributed by atoms with Crippen molar-refractivity contribution in [2.75, 3.05) is 13.1 Å². The molecular formula is C27H33FN4O3S. The third kappa shape index (κ3) is 6.39. The van der Waals surface area contributed by atoms with Gasteiger partial charge in [0.2, 0.25) is 15.9 Å². The van der Waals surface area contributed by atoms with E-state index >= 15 is 0 Å². The highest BCUT2D eigenvalue weighted by atomic mass is 32.2.